The first kappa shape index (κ1) is 17.8. The molecule has 136 valence electrons. The summed E-state index contributed by atoms with van der Waals surface area (Å²) in [5.41, 5.74) is 2.74. The van der Waals surface area contributed by atoms with E-state index >= 15 is 0 Å². The molecule has 6 nitrogen and oxygen atoms in total. The molecule has 3 aromatic rings. The fourth-order valence-electron chi connectivity index (χ4n) is 2.74. The number of halogens is 1. The number of nitrogens with one attached hydrogen (secondary N) is 1. The van der Waals surface area contributed by atoms with Gasteiger partial charge < -0.3 is 9.73 Å². The molecule has 0 radical (unpaired) electrons. The van der Waals surface area contributed by atoms with Gasteiger partial charge in [0.1, 0.15) is 11.6 Å². The van der Waals surface area contributed by atoms with Crippen molar-refractivity contribution in [3.05, 3.63) is 64.9 Å². The van der Waals surface area contributed by atoms with E-state index in [1.54, 1.807) is 16.8 Å². The lowest BCUT2D eigenvalue weighted by Crippen LogP contribution is -2.24. The van der Waals surface area contributed by atoms with Crippen LogP contribution in [0.4, 0.5) is 4.39 Å². The molecule has 0 bridgehead atoms. The lowest BCUT2D eigenvalue weighted by molar-refractivity contribution is 0.0945. The third-order valence-electron chi connectivity index (χ3n) is 4.14. The van der Waals surface area contributed by atoms with Crippen molar-refractivity contribution in [2.45, 2.75) is 40.2 Å². The normalized spacial score (nSPS) is 11.2. The van der Waals surface area contributed by atoms with Gasteiger partial charge in [-0.2, -0.15) is 5.10 Å². The number of amides is 1. The van der Waals surface area contributed by atoms with Gasteiger partial charge in [-0.25, -0.2) is 14.1 Å². The Kier molecular flexibility index (Phi) is 4.88. The predicted molar refractivity (Wildman–Crippen MR) is 94.8 cm³/mol. The van der Waals surface area contributed by atoms with E-state index in [-0.39, 0.29) is 24.2 Å². The summed E-state index contributed by atoms with van der Waals surface area (Å²) in [6.45, 7) is 7.85. The number of aromatic nitrogens is 3. The summed E-state index contributed by atoms with van der Waals surface area (Å²) < 4.78 is 20.3. The number of carbonyl (C=O) groups is 1. The number of nitrogens with zero attached hydrogens (tertiary/aromatic N) is 3. The molecule has 3 rings (SSSR count). The molecule has 0 atom stereocenters. The van der Waals surface area contributed by atoms with Crippen molar-refractivity contribution in [3.63, 3.8) is 0 Å². The second-order valence-corrected chi connectivity index (χ2v) is 6.42. The van der Waals surface area contributed by atoms with E-state index in [1.807, 2.05) is 27.7 Å². The van der Waals surface area contributed by atoms with Crippen molar-refractivity contribution in [1.82, 2.24) is 20.1 Å². The first-order valence-electron chi connectivity index (χ1n) is 8.41. The van der Waals surface area contributed by atoms with Crippen molar-refractivity contribution in [1.29, 1.82) is 0 Å². The first-order chi connectivity index (χ1) is 12.4. The Morgan fingerprint density at radius 1 is 1.27 bits per heavy atom. The van der Waals surface area contributed by atoms with Crippen LogP contribution in [0.2, 0.25) is 0 Å². The molecule has 7 heteroatoms. The summed E-state index contributed by atoms with van der Waals surface area (Å²) in [7, 11) is 0. The monoisotopic (exact) mass is 356 g/mol. The average molecular weight is 356 g/mol. The number of rotatable bonds is 5. The Labute approximate surface area is 151 Å². The SMILES string of the molecule is Cc1nc(CNC(=O)c2cnn(-c3ccc(F)cc3)c2C(C)C)oc1C. The first-order valence-corrected chi connectivity index (χ1v) is 8.41. The van der Waals surface area contributed by atoms with Gasteiger partial charge in [-0.05, 0) is 44.0 Å². The minimum absolute atomic E-state index is 0.0505. The molecule has 0 fully saturated rings. The van der Waals surface area contributed by atoms with Crippen LogP contribution < -0.4 is 5.32 Å². The Balaban J connectivity index is 1.85. The Bertz CT molecular complexity index is 906. The maximum Gasteiger partial charge on any atom is 0.255 e. The molecule has 2 aromatic heterocycles. The van der Waals surface area contributed by atoms with Crippen LogP contribution in [-0.2, 0) is 6.54 Å². The minimum Gasteiger partial charge on any atom is -0.444 e. The van der Waals surface area contributed by atoms with Crippen LogP contribution in [0.25, 0.3) is 5.69 Å². The molecule has 0 aliphatic rings. The van der Waals surface area contributed by atoms with Gasteiger partial charge in [0.2, 0.25) is 5.89 Å². The molecular formula is C19H21FN4O2. The van der Waals surface area contributed by atoms with Crippen LogP contribution in [0, 0.1) is 19.7 Å². The molecule has 1 aromatic carbocycles. The standard InChI is InChI=1S/C19H21FN4O2/c1-11(2)18-16(9-22-24(18)15-7-5-14(20)6-8-15)19(25)21-10-17-23-12(3)13(4)26-17/h5-9,11H,10H2,1-4H3,(H,21,25). The number of hydrogen-bond donors (Lipinski definition) is 1. The van der Waals surface area contributed by atoms with E-state index in [4.69, 9.17) is 4.42 Å². The van der Waals surface area contributed by atoms with Crippen molar-refractivity contribution in [2.24, 2.45) is 0 Å². The van der Waals surface area contributed by atoms with E-state index in [1.165, 1.54) is 18.3 Å². The molecule has 0 aliphatic heterocycles. The molecule has 26 heavy (non-hydrogen) atoms. The molecule has 2 heterocycles. The van der Waals surface area contributed by atoms with Gasteiger partial charge in [-0.15, -0.1) is 0 Å². The van der Waals surface area contributed by atoms with E-state index in [0.717, 1.165) is 17.1 Å². The fraction of sp³-hybridized carbons (Fsp3) is 0.316. The largest absolute Gasteiger partial charge is 0.444 e. The molecule has 0 unspecified atom stereocenters. The van der Waals surface area contributed by atoms with Crippen molar-refractivity contribution >= 4 is 5.91 Å². The van der Waals surface area contributed by atoms with Crippen LogP contribution in [-0.4, -0.2) is 20.7 Å². The molecule has 1 N–H and O–H groups in total. The van der Waals surface area contributed by atoms with Gasteiger partial charge in [-0.1, -0.05) is 13.8 Å². The second-order valence-electron chi connectivity index (χ2n) is 6.42. The van der Waals surface area contributed by atoms with Crippen molar-refractivity contribution in [2.75, 3.05) is 0 Å². The molecule has 0 saturated carbocycles. The van der Waals surface area contributed by atoms with Gasteiger partial charge in [0.05, 0.1) is 35.4 Å². The van der Waals surface area contributed by atoms with Crippen molar-refractivity contribution < 1.29 is 13.6 Å². The number of benzene rings is 1. The highest BCUT2D eigenvalue weighted by atomic mass is 19.1. The summed E-state index contributed by atoms with van der Waals surface area (Å²) in [6, 6.07) is 6.00. The highest BCUT2D eigenvalue weighted by Gasteiger charge is 2.21. The van der Waals surface area contributed by atoms with Gasteiger partial charge in [-0.3, -0.25) is 4.79 Å². The van der Waals surface area contributed by atoms with Crippen LogP contribution in [0.5, 0.6) is 0 Å². The summed E-state index contributed by atoms with van der Waals surface area (Å²) in [6.07, 6.45) is 1.53. The summed E-state index contributed by atoms with van der Waals surface area (Å²) >= 11 is 0. The van der Waals surface area contributed by atoms with Gasteiger partial charge in [0.15, 0.2) is 0 Å². The minimum atomic E-state index is -0.318. The zero-order valence-electron chi connectivity index (χ0n) is 15.2. The highest BCUT2D eigenvalue weighted by Crippen LogP contribution is 2.23. The molecule has 0 spiro atoms. The summed E-state index contributed by atoms with van der Waals surface area (Å²) in [4.78, 5) is 16.9. The number of aryl methyl sites for hydroxylation is 2. The van der Waals surface area contributed by atoms with E-state index in [2.05, 4.69) is 15.4 Å². The molecule has 0 saturated heterocycles. The Hall–Kier alpha value is -2.96. The average Bonchev–Trinajstić information content (AvgIpc) is 3.17. The fourth-order valence-corrected chi connectivity index (χ4v) is 2.74. The summed E-state index contributed by atoms with van der Waals surface area (Å²) in [5.74, 6) is 0.679. The Morgan fingerprint density at radius 3 is 2.54 bits per heavy atom. The Morgan fingerprint density at radius 2 is 1.96 bits per heavy atom. The van der Waals surface area contributed by atoms with Gasteiger partial charge in [0.25, 0.3) is 5.91 Å². The van der Waals surface area contributed by atoms with Crippen LogP contribution >= 0.6 is 0 Å². The second kappa shape index (κ2) is 7.11. The maximum atomic E-state index is 13.2. The van der Waals surface area contributed by atoms with Gasteiger partial charge >= 0.3 is 0 Å². The lowest BCUT2D eigenvalue weighted by Gasteiger charge is -2.12. The number of carbonyl (C=O) groups excluding carboxylic acids is 1. The van der Waals surface area contributed by atoms with E-state index in [0.29, 0.717) is 17.1 Å². The van der Waals surface area contributed by atoms with Crippen molar-refractivity contribution in [3.8, 4) is 5.69 Å². The maximum absolute atomic E-state index is 13.2. The van der Waals surface area contributed by atoms with Gasteiger partial charge in [0, 0.05) is 0 Å². The molecular weight excluding hydrogens is 335 g/mol. The number of oxazole rings is 1. The lowest BCUT2D eigenvalue weighted by atomic mass is 10.1. The summed E-state index contributed by atoms with van der Waals surface area (Å²) in [5, 5.41) is 7.14. The van der Waals surface area contributed by atoms with Crippen LogP contribution in [0.3, 0.4) is 0 Å². The topological polar surface area (TPSA) is 73.0 Å². The quantitative estimate of drug-likeness (QED) is 0.757. The highest BCUT2D eigenvalue weighted by molar-refractivity contribution is 5.95. The van der Waals surface area contributed by atoms with Crippen LogP contribution in [0.15, 0.2) is 34.9 Å². The van der Waals surface area contributed by atoms with E-state index in [9.17, 15) is 9.18 Å². The zero-order chi connectivity index (χ0) is 18.8. The van der Waals surface area contributed by atoms with Crippen LogP contribution in [0.1, 0.15) is 53.2 Å². The third kappa shape index (κ3) is 3.51. The smallest absolute Gasteiger partial charge is 0.255 e. The predicted octanol–water partition coefficient (Wildman–Crippen LogP) is 3.67. The molecule has 0 aliphatic carbocycles. The zero-order valence-corrected chi connectivity index (χ0v) is 15.2. The molecule has 1 amide bonds. The van der Waals surface area contributed by atoms with E-state index < -0.39 is 0 Å². The third-order valence-corrected chi connectivity index (χ3v) is 4.14. The number of hydrogen-bond acceptors (Lipinski definition) is 4.